The molecule has 1 aromatic carbocycles. The van der Waals surface area contributed by atoms with Crippen molar-refractivity contribution in [1.82, 2.24) is 4.98 Å². The lowest BCUT2D eigenvalue weighted by molar-refractivity contribution is 0.624. The summed E-state index contributed by atoms with van der Waals surface area (Å²) in [6, 6.07) is 12.2. The van der Waals surface area contributed by atoms with Crippen LogP contribution in [0.1, 0.15) is 5.69 Å². The Balaban J connectivity index is 2.49. The first-order valence-corrected chi connectivity index (χ1v) is 5.11. The van der Waals surface area contributed by atoms with Crippen molar-refractivity contribution in [1.29, 1.82) is 0 Å². The van der Waals surface area contributed by atoms with Crippen LogP contribution in [0.5, 0.6) is 0 Å². The summed E-state index contributed by atoms with van der Waals surface area (Å²) in [7, 11) is 0. The number of rotatable bonds is 2. The standard InChI is InChI=1S/C12H9ClFN/c13-8-11-6-10(14)7-12(15-11)9-4-2-1-3-5-9/h1-7H,8H2. The Labute approximate surface area is 92.5 Å². The van der Waals surface area contributed by atoms with Crippen LogP contribution in [0.15, 0.2) is 42.5 Å². The molecule has 2 rings (SSSR count). The Morgan fingerprint density at radius 1 is 1.13 bits per heavy atom. The molecule has 3 heteroatoms. The highest BCUT2D eigenvalue weighted by Gasteiger charge is 2.03. The molecule has 0 saturated heterocycles. The molecule has 1 nitrogen and oxygen atoms in total. The number of pyridine rings is 1. The van der Waals surface area contributed by atoms with Crippen molar-refractivity contribution >= 4 is 11.6 Å². The van der Waals surface area contributed by atoms with Crippen LogP contribution in [-0.4, -0.2) is 4.98 Å². The molecule has 0 saturated carbocycles. The Morgan fingerprint density at radius 2 is 1.87 bits per heavy atom. The first-order chi connectivity index (χ1) is 7.29. The average Bonchev–Trinajstić information content (AvgIpc) is 2.29. The van der Waals surface area contributed by atoms with Crippen LogP contribution in [0, 0.1) is 5.82 Å². The highest BCUT2D eigenvalue weighted by molar-refractivity contribution is 6.16. The fraction of sp³-hybridized carbons (Fsp3) is 0.0833. The molecule has 0 bridgehead atoms. The third-order valence-corrected chi connectivity index (χ3v) is 2.32. The van der Waals surface area contributed by atoms with Gasteiger partial charge in [-0.05, 0) is 6.07 Å². The third kappa shape index (κ3) is 2.34. The van der Waals surface area contributed by atoms with E-state index in [1.54, 1.807) is 0 Å². The van der Waals surface area contributed by atoms with E-state index in [1.165, 1.54) is 12.1 Å². The van der Waals surface area contributed by atoms with Gasteiger partial charge in [-0.1, -0.05) is 30.3 Å². The maximum atomic E-state index is 13.2. The molecule has 0 fully saturated rings. The van der Waals surface area contributed by atoms with E-state index >= 15 is 0 Å². The lowest BCUT2D eigenvalue weighted by Crippen LogP contribution is -1.91. The van der Waals surface area contributed by atoms with Gasteiger partial charge in [-0.25, -0.2) is 4.39 Å². The topological polar surface area (TPSA) is 12.9 Å². The van der Waals surface area contributed by atoms with Gasteiger partial charge in [-0.15, -0.1) is 11.6 Å². The van der Waals surface area contributed by atoms with Crippen molar-refractivity contribution in [2.24, 2.45) is 0 Å². The number of benzene rings is 1. The van der Waals surface area contributed by atoms with Crippen molar-refractivity contribution in [2.75, 3.05) is 0 Å². The number of hydrogen-bond donors (Lipinski definition) is 0. The zero-order chi connectivity index (χ0) is 10.7. The van der Waals surface area contributed by atoms with E-state index in [0.717, 1.165) is 5.56 Å². The van der Waals surface area contributed by atoms with Crippen LogP contribution in [0.2, 0.25) is 0 Å². The van der Waals surface area contributed by atoms with Crippen LogP contribution in [0.3, 0.4) is 0 Å². The average molecular weight is 222 g/mol. The third-order valence-electron chi connectivity index (χ3n) is 2.05. The molecule has 0 atom stereocenters. The van der Waals surface area contributed by atoms with Crippen molar-refractivity contribution in [2.45, 2.75) is 5.88 Å². The van der Waals surface area contributed by atoms with E-state index in [0.29, 0.717) is 11.4 Å². The van der Waals surface area contributed by atoms with Gasteiger partial charge in [0, 0.05) is 11.6 Å². The minimum Gasteiger partial charge on any atom is -0.251 e. The van der Waals surface area contributed by atoms with Gasteiger partial charge in [0.25, 0.3) is 0 Å². The highest BCUT2D eigenvalue weighted by atomic mass is 35.5. The number of nitrogens with zero attached hydrogens (tertiary/aromatic N) is 1. The zero-order valence-corrected chi connectivity index (χ0v) is 8.71. The van der Waals surface area contributed by atoms with Gasteiger partial charge < -0.3 is 0 Å². The Kier molecular flexibility index (Phi) is 2.97. The van der Waals surface area contributed by atoms with E-state index in [4.69, 9.17) is 11.6 Å². The fourth-order valence-corrected chi connectivity index (χ4v) is 1.51. The molecule has 76 valence electrons. The first-order valence-electron chi connectivity index (χ1n) is 4.57. The summed E-state index contributed by atoms with van der Waals surface area (Å²) < 4.78 is 13.2. The first kappa shape index (κ1) is 10.1. The second-order valence-corrected chi connectivity index (χ2v) is 3.43. The lowest BCUT2D eigenvalue weighted by Gasteiger charge is -2.03. The minimum atomic E-state index is -0.306. The molecule has 1 aromatic heterocycles. The van der Waals surface area contributed by atoms with Gasteiger partial charge in [0.1, 0.15) is 5.82 Å². The van der Waals surface area contributed by atoms with Crippen molar-refractivity contribution in [3.63, 3.8) is 0 Å². The molecule has 0 N–H and O–H groups in total. The second-order valence-electron chi connectivity index (χ2n) is 3.16. The van der Waals surface area contributed by atoms with Crippen LogP contribution in [-0.2, 0) is 5.88 Å². The molecule has 15 heavy (non-hydrogen) atoms. The smallest absolute Gasteiger partial charge is 0.127 e. The number of alkyl halides is 1. The SMILES string of the molecule is Fc1cc(CCl)nc(-c2ccccc2)c1. The summed E-state index contributed by atoms with van der Waals surface area (Å²) in [6.45, 7) is 0. The summed E-state index contributed by atoms with van der Waals surface area (Å²) >= 11 is 5.63. The van der Waals surface area contributed by atoms with Gasteiger partial charge in [-0.2, -0.15) is 0 Å². The van der Waals surface area contributed by atoms with Crippen molar-refractivity contribution in [3.05, 3.63) is 54.0 Å². The monoisotopic (exact) mass is 221 g/mol. The predicted molar refractivity (Wildman–Crippen MR) is 59.2 cm³/mol. The molecule has 0 spiro atoms. The van der Waals surface area contributed by atoms with E-state index in [9.17, 15) is 4.39 Å². The molecule has 0 aliphatic carbocycles. The molecule has 0 aliphatic rings. The number of halogens is 2. The molecular formula is C12H9ClFN. The maximum Gasteiger partial charge on any atom is 0.127 e. The van der Waals surface area contributed by atoms with Crippen LogP contribution < -0.4 is 0 Å². The summed E-state index contributed by atoms with van der Waals surface area (Å²) in [5.74, 6) is -0.0862. The number of aromatic nitrogens is 1. The van der Waals surface area contributed by atoms with Gasteiger partial charge in [0.15, 0.2) is 0 Å². The van der Waals surface area contributed by atoms with Crippen molar-refractivity contribution in [3.8, 4) is 11.3 Å². The quantitative estimate of drug-likeness (QED) is 0.706. The summed E-state index contributed by atoms with van der Waals surface area (Å²) in [6.07, 6.45) is 0. The second kappa shape index (κ2) is 4.41. The molecular weight excluding hydrogens is 213 g/mol. The summed E-state index contributed by atoms with van der Waals surface area (Å²) in [4.78, 5) is 4.25. The van der Waals surface area contributed by atoms with Gasteiger partial charge in [0.05, 0.1) is 17.3 Å². The van der Waals surface area contributed by atoms with E-state index < -0.39 is 0 Å². The van der Waals surface area contributed by atoms with E-state index in [1.807, 2.05) is 30.3 Å². The van der Waals surface area contributed by atoms with Gasteiger partial charge >= 0.3 is 0 Å². The lowest BCUT2D eigenvalue weighted by atomic mass is 10.1. The normalized spacial score (nSPS) is 10.3. The van der Waals surface area contributed by atoms with Crippen LogP contribution in [0.25, 0.3) is 11.3 Å². The van der Waals surface area contributed by atoms with Gasteiger partial charge in [-0.3, -0.25) is 4.98 Å². The maximum absolute atomic E-state index is 13.2. The van der Waals surface area contributed by atoms with Crippen molar-refractivity contribution < 1.29 is 4.39 Å². The Bertz CT molecular complexity index is 456. The number of hydrogen-bond acceptors (Lipinski definition) is 1. The van der Waals surface area contributed by atoms with E-state index in [-0.39, 0.29) is 11.7 Å². The van der Waals surface area contributed by atoms with E-state index in [2.05, 4.69) is 4.98 Å². The summed E-state index contributed by atoms with van der Waals surface area (Å²) in [5, 5.41) is 0. The Morgan fingerprint density at radius 3 is 2.53 bits per heavy atom. The molecule has 0 amide bonds. The molecule has 0 aliphatic heterocycles. The van der Waals surface area contributed by atoms with Crippen LogP contribution >= 0.6 is 11.6 Å². The highest BCUT2D eigenvalue weighted by Crippen LogP contribution is 2.18. The molecule has 2 aromatic rings. The van der Waals surface area contributed by atoms with Crippen LogP contribution in [0.4, 0.5) is 4.39 Å². The predicted octanol–water partition coefficient (Wildman–Crippen LogP) is 3.63. The van der Waals surface area contributed by atoms with Gasteiger partial charge in [0.2, 0.25) is 0 Å². The fourth-order valence-electron chi connectivity index (χ4n) is 1.38. The molecule has 1 heterocycles. The molecule has 0 unspecified atom stereocenters. The minimum absolute atomic E-state index is 0.220. The Hall–Kier alpha value is -1.41. The zero-order valence-electron chi connectivity index (χ0n) is 7.95. The summed E-state index contributed by atoms with van der Waals surface area (Å²) in [5.41, 5.74) is 2.06. The largest absolute Gasteiger partial charge is 0.251 e. The molecule has 0 radical (unpaired) electrons.